The van der Waals surface area contributed by atoms with Gasteiger partial charge in [-0.2, -0.15) is 13.2 Å². The number of hydrogen-bond donors (Lipinski definition) is 0. The minimum absolute atomic E-state index is 0.357. The molecule has 0 bridgehead atoms. The molecule has 0 aliphatic heterocycles. The van der Waals surface area contributed by atoms with Crippen LogP contribution in [0.3, 0.4) is 0 Å². The SMILES string of the molecule is FC(F)(F)c1nc(I)c2ccccn12. The standard InChI is InChI=1S/C8H4F3IN2/c9-8(10,11)7-13-6(12)5-3-1-2-4-14(5)7/h1-4H. The summed E-state index contributed by atoms with van der Waals surface area (Å²) in [5.74, 6) is -0.877. The summed E-state index contributed by atoms with van der Waals surface area (Å²) in [5.41, 5.74) is 0.473. The van der Waals surface area contributed by atoms with Crippen molar-refractivity contribution in [2.24, 2.45) is 0 Å². The van der Waals surface area contributed by atoms with E-state index in [1.165, 1.54) is 6.20 Å². The molecule has 0 aliphatic carbocycles. The fourth-order valence-electron chi connectivity index (χ4n) is 1.20. The largest absolute Gasteiger partial charge is 0.450 e. The van der Waals surface area contributed by atoms with Gasteiger partial charge in [-0.3, -0.25) is 4.40 Å². The molecule has 2 heterocycles. The highest BCUT2D eigenvalue weighted by atomic mass is 127. The lowest BCUT2D eigenvalue weighted by Gasteiger charge is -2.03. The smallest absolute Gasteiger partial charge is 0.295 e. The van der Waals surface area contributed by atoms with Gasteiger partial charge in [0.05, 0.1) is 5.52 Å². The summed E-state index contributed by atoms with van der Waals surface area (Å²) in [7, 11) is 0. The normalized spacial score (nSPS) is 12.3. The Labute approximate surface area is 90.9 Å². The molecule has 6 heteroatoms. The molecule has 0 unspecified atom stereocenters. The van der Waals surface area contributed by atoms with E-state index in [1.54, 1.807) is 40.8 Å². The summed E-state index contributed by atoms with van der Waals surface area (Å²) in [4.78, 5) is 3.49. The third kappa shape index (κ3) is 1.47. The molecule has 0 spiro atoms. The molecule has 0 aliphatic rings. The highest BCUT2D eigenvalue weighted by Crippen LogP contribution is 2.30. The van der Waals surface area contributed by atoms with E-state index in [4.69, 9.17) is 0 Å². The van der Waals surface area contributed by atoms with Gasteiger partial charge >= 0.3 is 6.18 Å². The molecule has 0 aromatic carbocycles. The van der Waals surface area contributed by atoms with Gasteiger partial charge in [-0.05, 0) is 34.7 Å². The number of rotatable bonds is 0. The highest BCUT2D eigenvalue weighted by molar-refractivity contribution is 14.1. The lowest BCUT2D eigenvalue weighted by molar-refractivity contribution is -0.145. The van der Waals surface area contributed by atoms with Gasteiger partial charge in [0.2, 0.25) is 5.82 Å². The van der Waals surface area contributed by atoms with Crippen molar-refractivity contribution in [3.8, 4) is 0 Å². The number of pyridine rings is 1. The van der Waals surface area contributed by atoms with Crippen LogP contribution >= 0.6 is 22.6 Å². The van der Waals surface area contributed by atoms with E-state index in [2.05, 4.69) is 4.98 Å². The number of fused-ring (bicyclic) bond motifs is 1. The first kappa shape index (κ1) is 9.75. The molecule has 0 saturated carbocycles. The van der Waals surface area contributed by atoms with Crippen LogP contribution in [0.5, 0.6) is 0 Å². The third-order valence-corrected chi connectivity index (χ3v) is 2.55. The summed E-state index contributed by atoms with van der Waals surface area (Å²) in [6.07, 6.45) is -3.05. The minimum atomic E-state index is -4.41. The topological polar surface area (TPSA) is 17.3 Å². The molecule has 2 rings (SSSR count). The van der Waals surface area contributed by atoms with E-state index in [0.29, 0.717) is 9.22 Å². The second-order valence-electron chi connectivity index (χ2n) is 2.68. The van der Waals surface area contributed by atoms with Crippen molar-refractivity contribution >= 4 is 28.1 Å². The maximum absolute atomic E-state index is 12.4. The van der Waals surface area contributed by atoms with Crippen molar-refractivity contribution < 1.29 is 13.2 Å². The molecule has 2 aromatic heterocycles. The number of halogens is 4. The Morgan fingerprint density at radius 3 is 2.64 bits per heavy atom. The quantitative estimate of drug-likeness (QED) is 0.684. The average molecular weight is 312 g/mol. The van der Waals surface area contributed by atoms with E-state index < -0.39 is 12.0 Å². The third-order valence-electron chi connectivity index (χ3n) is 1.76. The van der Waals surface area contributed by atoms with E-state index in [0.717, 1.165) is 4.40 Å². The Bertz CT molecular complexity index is 475. The Balaban J connectivity index is 2.80. The molecule has 0 amide bonds. The maximum Gasteiger partial charge on any atom is 0.450 e. The molecule has 0 N–H and O–H groups in total. The van der Waals surface area contributed by atoms with Gasteiger partial charge in [-0.15, -0.1) is 0 Å². The van der Waals surface area contributed by atoms with Gasteiger partial charge in [-0.25, -0.2) is 4.98 Å². The highest BCUT2D eigenvalue weighted by Gasteiger charge is 2.36. The predicted molar refractivity (Wildman–Crippen MR) is 52.9 cm³/mol. The van der Waals surface area contributed by atoms with Gasteiger partial charge in [0, 0.05) is 6.20 Å². The molecule has 2 aromatic rings. The van der Waals surface area contributed by atoms with E-state index in [9.17, 15) is 13.2 Å². The second kappa shape index (κ2) is 3.11. The van der Waals surface area contributed by atoms with Crippen LogP contribution in [-0.4, -0.2) is 9.38 Å². The van der Waals surface area contributed by atoms with E-state index >= 15 is 0 Å². The summed E-state index contributed by atoms with van der Waals surface area (Å²) >= 11 is 1.79. The fourth-order valence-corrected chi connectivity index (χ4v) is 1.87. The van der Waals surface area contributed by atoms with Crippen molar-refractivity contribution in [2.75, 3.05) is 0 Å². The molecular weight excluding hydrogens is 308 g/mol. The number of nitrogens with zero attached hydrogens (tertiary/aromatic N) is 2. The van der Waals surface area contributed by atoms with Crippen molar-refractivity contribution in [1.82, 2.24) is 9.38 Å². The summed E-state index contributed by atoms with van der Waals surface area (Å²) in [6, 6.07) is 4.82. The van der Waals surface area contributed by atoms with E-state index in [-0.39, 0.29) is 0 Å². The summed E-state index contributed by atoms with van der Waals surface area (Å²) in [6.45, 7) is 0. The Morgan fingerprint density at radius 1 is 1.29 bits per heavy atom. The Hall–Kier alpha value is -0.790. The van der Waals surface area contributed by atoms with Crippen LogP contribution in [0, 0.1) is 3.70 Å². The van der Waals surface area contributed by atoms with Crippen LogP contribution in [0.2, 0.25) is 0 Å². The molecule has 74 valence electrons. The monoisotopic (exact) mass is 312 g/mol. The van der Waals surface area contributed by atoms with Crippen LogP contribution in [0.25, 0.3) is 5.52 Å². The minimum Gasteiger partial charge on any atom is -0.295 e. The van der Waals surface area contributed by atoms with Crippen molar-refractivity contribution in [1.29, 1.82) is 0 Å². The number of aromatic nitrogens is 2. The zero-order valence-corrected chi connectivity index (χ0v) is 8.87. The molecule has 0 fully saturated rings. The van der Waals surface area contributed by atoms with Crippen LogP contribution in [-0.2, 0) is 6.18 Å². The molecule has 0 saturated heterocycles. The molecule has 0 atom stereocenters. The zero-order valence-electron chi connectivity index (χ0n) is 6.72. The van der Waals surface area contributed by atoms with Crippen LogP contribution < -0.4 is 0 Å². The van der Waals surface area contributed by atoms with Crippen LogP contribution in [0.4, 0.5) is 13.2 Å². The van der Waals surface area contributed by atoms with Crippen molar-refractivity contribution in [3.05, 3.63) is 33.9 Å². The lowest BCUT2D eigenvalue weighted by Crippen LogP contribution is -2.10. The number of hydrogen-bond acceptors (Lipinski definition) is 1. The van der Waals surface area contributed by atoms with Crippen molar-refractivity contribution in [3.63, 3.8) is 0 Å². The van der Waals surface area contributed by atoms with Crippen LogP contribution in [0.1, 0.15) is 5.82 Å². The van der Waals surface area contributed by atoms with Gasteiger partial charge in [0.15, 0.2) is 0 Å². The molecule has 2 nitrogen and oxygen atoms in total. The summed E-state index contributed by atoms with van der Waals surface area (Å²) in [5, 5.41) is 0. The number of alkyl halides is 3. The fraction of sp³-hybridized carbons (Fsp3) is 0.125. The maximum atomic E-state index is 12.4. The van der Waals surface area contributed by atoms with Gasteiger partial charge in [0.1, 0.15) is 3.70 Å². The van der Waals surface area contributed by atoms with E-state index in [1.807, 2.05) is 0 Å². The Morgan fingerprint density at radius 2 is 2.00 bits per heavy atom. The molecule has 0 radical (unpaired) electrons. The first-order valence-electron chi connectivity index (χ1n) is 3.70. The second-order valence-corrected chi connectivity index (χ2v) is 3.70. The van der Waals surface area contributed by atoms with Crippen LogP contribution in [0.15, 0.2) is 24.4 Å². The van der Waals surface area contributed by atoms with Gasteiger partial charge in [-0.1, -0.05) is 6.07 Å². The predicted octanol–water partition coefficient (Wildman–Crippen LogP) is 2.96. The molecule has 14 heavy (non-hydrogen) atoms. The Kier molecular flexibility index (Phi) is 2.17. The van der Waals surface area contributed by atoms with Crippen molar-refractivity contribution in [2.45, 2.75) is 6.18 Å². The first-order valence-corrected chi connectivity index (χ1v) is 4.78. The average Bonchev–Trinajstić information content (AvgIpc) is 2.44. The van der Waals surface area contributed by atoms with Gasteiger partial charge in [0.25, 0.3) is 0 Å². The summed E-state index contributed by atoms with van der Waals surface area (Å²) < 4.78 is 38.7. The lowest BCUT2D eigenvalue weighted by atomic mass is 10.4. The number of imidazole rings is 1. The molecular formula is C8H4F3IN2. The zero-order chi connectivity index (χ0) is 10.3. The van der Waals surface area contributed by atoms with Gasteiger partial charge < -0.3 is 0 Å². The first-order chi connectivity index (χ1) is 6.50.